The van der Waals surface area contributed by atoms with Crippen LogP contribution in [0.15, 0.2) is 192 Å². The van der Waals surface area contributed by atoms with Crippen molar-refractivity contribution in [2.45, 2.75) is 38.5 Å². The Bertz CT molecular complexity index is 3050. The molecular weight excluding hydrogens is 703 g/mol. The van der Waals surface area contributed by atoms with Crippen molar-refractivity contribution in [1.29, 1.82) is 0 Å². The van der Waals surface area contributed by atoms with E-state index in [4.69, 9.17) is 4.42 Å². The van der Waals surface area contributed by atoms with Gasteiger partial charge in [0.05, 0.1) is 0 Å². The number of hydrogen-bond donors (Lipinski definition) is 0. The molecule has 2 aliphatic carbocycles. The average molecular weight is 746 g/mol. The molecule has 2 aliphatic rings. The third-order valence-corrected chi connectivity index (χ3v) is 12.9. The van der Waals surface area contributed by atoms with Gasteiger partial charge in [-0.1, -0.05) is 167 Å². The summed E-state index contributed by atoms with van der Waals surface area (Å²) in [4.78, 5) is 2.41. The fourth-order valence-corrected chi connectivity index (χ4v) is 9.94. The number of furan rings is 1. The highest BCUT2D eigenvalue weighted by molar-refractivity contribution is 5.99. The van der Waals surface area contributed by atoms with Crippen LogP contribution in [-0.2, 0) is 10.8 Å². The molecule has 0 saturated carbocycles. The molecule has 278 valence electrons. The van der Waals surface area contributed by atoms with E-state index in [2.05, 4.69) is 221 Å². The molecule has 0 spiro atoms. The van der Waals surface area contributed by atoms with Crippen molar-refractivity contribution in [3.63, 3.8) is 0 Å². The second kappa shape index (κ2) is 12.8. The van der Waals surface area contributed by atoms with E-state index in [0.717, 1.165) is 34.0 Å². The van der Waals surface area contributed by atoms with Crippen LogP contribution in [0.5, 0.6) is 0 Å². The molecule has 0 unspecified atom stereocenters. The summed E-state index contributed by atoms with van der Waals surface area (Å²) in [6.07, 6.45) is 0. The van der Waals surface area contributed by atoms with Gasteiger partial charge in [0.1, 0.15) is 11.3 Å². The molecule has 0 aliphatic heterocycles. The average Bonchev–Trinajstić information content (AvgIpc) is 3.85. The Balaban J connectivity index is 1.02. The van der Waals surface area contributed by atoms with Crippen molar-refractivity contribution >= 4 is 28.0 Å². The zero-order valence-electron chi connectivity index (χ0n) is 33.3. The number of benzene rings is 8. The van der Waals surface area contributed by atoms with Crippen LogP contribution in [0, 0.1) is 0 Å². The zero-order valence-corrected chi connectivity index (χ0v) is 33.3. The highest BCUT2D eigenvalue weighted by Crippen LogP contribution is 2.56. The molecular formula is C56H43NO. The lowest BCUT2D eigenvalue weighted by atomic mass is 9.81. The molecule has 0 amide bonds. The number of nitrogens with zero attached hydrogens (tertiary/aromatic N) is 1. The Labute approximate surface area is 340 Å². The van der Waals surface area contributed by atoms with Crippen LogP contribution in [0.1, 0.15) is 49.9 Å². The van der Waals surface area contributed by atoms with E-state index in [1.54, 1.807) is 0 Å². The van der Waals surface area contributed by atoms with Gasteiger partial charge in [-0.25, -0.2) is 0 Å². The molecule has 0 radical (unpaired) electrons. The fraction of sp³-hybridized carbons (Fsp3) is 0.107. The van der Waals surface area contributed by atoms with Crippen LogP contribution in [0.2, 0.25) is 0 Å². The highest BCUT2D eigenvalue weighted by atomic mass is 16.3. The van der Waals surface area contributed by atoms with Gasteiger partial charge in [0.2, 0.25) is 0 Å². The Kier molecular flexibility index (Phi) is 7.59. The predicted octanol–water partition coefficient (Wildman–Crippen LogP) is 15.5. The summed E-state index contributed by atoms with van der Waals surface area (Å²) in [6, 6.07) is 68.7. The maximum absolute atomic E-state index is 6.66. The Morgan fingerprint density at radius 2 is 0.966 bits per heavy atom. The van der Waals surface area contributed by atoms with Crippen LogP contribution < -0.4 is 4.90 Å². The van der Waals surface area contributed by atoms with Gasteiger partial charge >= 0.3 is 0 Å². The second-order valence-corrected chi connectivity index (χ2v) is 16.9. The molecule has 0 bridgehead atoms. The summed E-state index contributed by atoms with van der Waals surface area (Å²) in [6.45, 7) is 9.36. The van der Waals surface area contributed by atoms with Crippen molar-refractivity contribution < 1.29 is 4.42 Å². The molecule has 2 nitrogen and oxygen atoms in total. The largest absolute Gasteiger partial charge is 0.456 e. The Hall–Kier alpha value is -6.90. The van der Waals surface area contributed by atoms with Gasteiger partial charge in [-0.05, 0) is 110 Å². The second-order valence-electron chi connectivity index (χ2n) is 16.9. The SMILES string of the molecule is CC1(C)c2ccccc2-c2ccc(N(c3ccc(-c4ccccc4)cc3)c3cccc(-c4cccc(-c5cccc6c5-c5oc7ccccc7c5C6(C)C)c4)c3)cc21. The van der Waals surface area contributed by atoms with Gasteiger partial charge in [-0.15, -0.1) is 0 Å². The highest BCUT2D eigenvalue weighted by Gasteiger charge is 2.41. The summed E-state index contributed by atoms with van der Waals surface area (Å²) in [5, 5.41) is 1.20. The summed E-state index contributed by atoms with van der Waals surface area (Å²) in [5.41, 5.74) is 20.3. The van der Waals surface area contributed by atoms with E-state index in [1.165, 1.54) is 72.1 Å². The smallest absolute Gasteiger partial charge is 0.140 e. The number of para-hydroxylation sites is 1. The molecule has 11 rings (SSSR count). The van der Waals surface area contributed by atoms with Gasteiger partial charge < -0.3 is 9.32 Å². The van der Waals surface area contributed by atoms with Gasteiger partial charge in [0.25, 0.3) is 0 Å². The Morgan fingerprint density at radius 1 is 0.379 bits per heavy atom. The first-order chi connectivity index (χ1) is 28.3. The minimum atomic E-state index is -0.169. The van der Waals surface area contributed by atoms with Crippen LogP contribution in [-0.4, -0.2) is 0 Å². The molecule has 1 heterocycles. The number of anilines is 3. The molecule has 0 fully saturated rings. The van der Waals surface area contributed by atoms with Crippen molar-refractivity contribution in [2.24, 2.45) is 0 Å². The molecule has 58 heavy (non-hydrogen) atoms. The lowest BCUT2D eigenvalue weighted by Gasteiger charge is -2.28. The van der Waals surface area contributed by atoms with Gasteiger partial charge in [0, 0.05) is 44.4 Å². The van der Waals surface area contributed by atoms with E-state index in [9.17, 15) is 0 Å². The van der Waals surface area contributed by atoms with E-state index < -0.39 is 0 Å². The molecule has 0 saturated heterocycles. The van der Waals surface area contributed by atoms with E-state index in [1.807, 2.05) is 0 Å². The quantitative estimate of drug-likeness (QED) is 0.169. The van der Waals surface area contributed by atoms with Crippen LogP contribution in [0.3, 0.4) is 0 Å². The summed E-state index contributed by atoms with van der Waals surface area (Å²) in [5.74, 6) is 0.999. The molecule has 1 aromatic heterocycles. The van der Waals surface area contributed by atoms with Crippen molar-refractivity contribution in [1.82, 2.24) is 0 Å². The van der Waals surface area contributed by atoms with Crippen LogP contribution in [0.25, 0.3) is 66.8 Å². The van der Waals surface area contributed by atoms with Gasteiger partial charge in [-0.2, -0.15) is 0 Å². The van der Waals surface area contributed by atoms with Crippen molar-refractivity contribution in [2.75, 3.05) is 4.90 Å². The van der Waals surface area contributed by atoms with E-state index in [-0.39, 0.29) is 10.8 Å². The summed E-state index contributed by atoms with van der Waals surface area (Å²) in [7, 11) is 0. The van der Waals surface area contributed by atoms with Crippen molar-refractivity contribution in [3.05, 3.63) is 210 Å². The van der Waals surface area contributed by atoms with Crippen LogP contribution >= 0.6 is 0 Å². The molecule has 2 heteroatoms. The van der Waals surface area contributed by atoms with E-state index >= 15 is 0 Å². The normalized spacial score (nSPS) is 14.1. The maximum atomic E-state index is 6.66. The standard InChI is InChI=1S/C56H43NO/c1-55(2)48-24-10-8-21-45(48)46-32-31-43(35-50(46)55)57(41-29-27-37(28-30-41)36-15-6-5-7-16-36)42-20-13-18-39(34-42)38-17-12-19-40(33-38)44-23-14-25-49-52(44)54-53(56(49,3)4)47-22-9-11-26-51(47)58-54/h5-35H,1-4H3. The molecule has 8 aromatic carbocycles. The molecule has 0 atom stereocenters. The number of hydrogen-bond acceptors (Lipinski definition) is 2. The summed E-state index contributed by atoms with van der Waals surface area (Å²) < 4.78 is 6.66. The fourth-order valence-electron chi connectivity index (χ4n) is 9.94. The van der Waals surface area contributed by atoms with Gasteiger partial charge in [-0.3, -0.25) is 0 Å². The van der Waals surface area contributed by atoms with E-state index in [0.29, 0.717) is 0 Å². The molecule has 0 N–H and O–H groups in total. The zero-order chi connectivity index (χ0) is 39.2. The third-order valence-electron chi connectivity index (χ3n) is 12.9. The maximum Gasteiger partial charge on any atom is 0.140 e. The minimum absolute atomic E-state index is 0.108. The van der Waals surface area contributed by atoms with Gasteiger partial charge in [0.15, 0.2) is 0 Å². The Morgan fingerprint density at radius 3 is 1.81 bits per heavy atom. The lowest BCUT2D eigenvalue weighted by Crippen LogP contribution is -2.16. The lowest BCUT2D eigenvalue weighted by molar-refractivity contribution is 0.619. The predicted molar refractivity (Wildman–Crippen MR) is 242 cm³/mol. The topological polar surface area (TPSA) is 16.4 Å². The van der Waals surface area contributed by atoms with Crippen molar-refractivity contribution in [3.8, 4) is 55.8 Å². The minimum Gasteiger partial charge on any atom is -0.456 e. The first-order valence-corrected chi connectivity index (χ1v) is 20.3. The summed E-state index contributed by atoms with van der Waals surface area (Å²) >= 11 is 0. The third kappa shape index (κ3) is 5.18. The number of rotatable bonds is 6. The molecule has 9 aromatic rings. The first kappa shape index (κ1) is 34.4. The van der Waals surface area contributed by atoms with Crippen LogP contribution in [0.4, 0.5) is 17.1 Å². The first-order valence-electron chi connectivity index (χ1n) is 20.3. The number of fused-ring (bicyclic) bond motifs is 8. The monoisotopic (exact) mass is 745 g/mol.